The first-order chi connectivity index (χ1) is 7.74. The van der Waals surface area contributed by atoms with Crippen LogP contribution in [-0.4, -0.2) is 43.0 Å². The second-order valence-electron chi connectivity index (χ2n) is 5.21. The number of carbonyl (C=O) groups is 1. The van der Waals surface area contributed by atoms with Crippen LogP contribution in [0.2, 0.25) is 0 Å². The van der Waals surface area contributed by atoms with Crippen molar-refractivity contribution in [3.8, 4) is 0 Å². The van der Waals surface area contributed by atoms with Crippen LogP contribution in [0.5, 0.6) is 0 Å². The molecule has 0 bridgehead atoms. The standard InChI is InChI=1S/C12H23N3O/c13-12(16)8-10-3-6-15(7-4-10)9-11-2-1-5-14-11/h10-11,14H,1-9H2,(H2,13,16). The normalized spacial score (nSPS) is 28.4. The molecule has 0 aliphatic carbocycles. The quantitative estimate of drug-likeness (QED) is 0.725. The molecule has 0 spiro atoms. The van der Waals surface area contributed by atoms with Crippen LogP contribution < -0.4 is 11.1 Å². The number of primary amides is 1. The van der Waals surface area contributed by atoms with Gasteiger partial charge in [-0.2, -0.15) is 0 Å². The number of carbonyl (C=O) groups excluding carboxylic acids is 1. The summed E-state index contributed by atoms with van der Waals surface area (Å²) >= 11 is 0. The number of nitrogens with zero attached hydrogens (tertiary/aromatic N) is 1. The lowest BCUT2D eigenvalue weighted by atomic mass is 9.93. The second kappa shape index (κ2) is 5.64. The number of nitrogens with two attached hydrogens (primary N) is 1. The Morgan fingerprint density at radius 3 is 2.62 bits per heavy atom. The molecule has 1 atom stereocenters. The molecule has 1 unspecified atom stereocenters. The van der Waals surface area contributed by atoms with Crippen LogP contribution in [0.3, 0.4) is 0 Å². The van der Waals surface area contributed by atoms with Crippen molar-refractivity contribution in [1.29, 1.82) is 0 Å². The Morgan fingerprint density at radius 2 is 2.06 bits per heavy atom. The topological polar surface area (TPSA) is 58.4 Å². The van der Waals surface area contributed by atoms with Crippen LogP contribution in [0, 0.1) is 5.92 Å². The Balaban J connectivity index is 1.66. The van der Waals surface area contributed by atoms with E-state index >= 15 is 0 Å². The van der Waals surface area contributed by atoms with E-state index in [-0.39, 0.29) is 5.91 Å². The summed E-state index contributed by atoms with van der Waals surface area (Å²) in [5, 5.41) is 3.53. The average molecular weight is 225 g/mol. The molecule has 0 aromatic carbocycles. The Kier molecular flexibility index (Phi) is 4.18. The van der Waals surface area contributed by atoms with Gasteiger partial charge in [0.15, 0.2) is 0 Å². The van der Waals surface area contributed by atoms with Crippen LogP contribution in [0.15, 0.2) is 0 Å². The molecule has 2 fully saturated rings. The molecule has 4 heteroatoms. The molecule has 2 heterocycles. The summed E-state index contributed by atoms with van der Waals surface area (Å²) in [6, 6.07) is 0.702. The number of piperidine rings is 1. The lowest BCUT2D eigenvalue weighted by molar-refractivity contribution is -0.119. The van der Waals surface area contributed by atoms with Gasteiger partial charge in [0.1, 0.15) is 0 Å². The van der Waals surface area contributed by atoms with Crippen molar-refractivity contribution in [2.75, 3.05) is 26.2 Å². The molecular weight excluding hydrogens is 202 g/mol. The predicted octanol–water partition coefficient (Wildman–Crippen LogP) is 0.326. The van der Waals surface area contributed by atoms with Crippen LogP contribution in [0.4, 0.5) is 0 Å². The minimum absolute atomic E-state index is 0.143. The maximum atomic E-state index is 10.8. The van der Waals surface area contributed by atoms with Crippen molar-refractivity contribution in [3.63, 3.8) is 0 Å². The van der Waals surface area contributed by atoms with E-state index in [0.717, 1.165) is 25.9 Å². The van der Waals surface area contributed by atoms with Gasteiger partial charge in [-0.05, 0) is 51.2 Å². The van der Waals surface area contributed by atoms with Crippen LogP contribution in [0.1, 0.15) is 32.1 Å². The Bertz CT molecular complexity index is 230. The van der Waals surface area contributed by atoms with Gasteiger partial charge in [-0.25, -0.2) is 0 Å². The summed E-state index contributed by atoms with van der Waals surface area (Å²) in [5.74, 6) is 0.390. The van der Waals surface area contributed by atoms with Crippen molar-refractivity contribution in [3.05, 3.63) is 0 Å². The van der Waals surface area contributed by atoms with Crippen LogP contribution in [0.25, 0.3) is 0 Å². The monoisotopic (exact) mass is 225 g/mol. The molecule has 3 N–H and O–H groups in total. The lowest BCUT2D eigenvalue weighted by Crippen LogP contribution is -2.42. The Hall–Kier alpha value is -0.610. The smallest absolute Gasteiger partial charge is 0.217 e. The number of amides is 1. The number of hydrogen-bond acceptors (Lipinski definition) is 3. The van der Waals surface area contributed by atoms with Gasteiger partial charge in [-0.3, -0.25) is 4.79 Å². The highest BCUT2D eigenvalue weighted by Crippen LogP contribution is 2.20. The predicted molar refractivity (Wildman–Crippen MR) is 64.0 cm³/mol. The molecule has 92 valence electrons. The number of rotatable bonds is 4. The van der Waals surface area contributed by atoms with Gasteiger partial charge in [0, 0.05) is 19.0 Å². The fourth-order valence-electron chi connectivity index (χ4n) is 2.88. The summed E-state index contributed by atoms with van der Waals surface area (Å²) < 4.78 is 0. The molecule has 0 aromatic heterocycles. The van der Waals surface area contributed by atoms with Gasteiger partial charge in [0.25, 0.3) is 0 Å². The van der Waals surface area contributed by atoms with E-state index in [1.54, 1.807) is 0 Å². The molecule has 1 amide bonds. The number of nitrogens with one attached hydrogen (secondary N) is 1. The third-order valence-corrected chi connectivity index (χ3v) is 3.84. The van der Waals surface area contributed by atoms with E-state index in [0.29, 0.717) is 18.4 Å². The highest BCUT2D eigenvalue weighted by atomic mass is 16.1. The summed E-state index contributed by atoms with van der Waals surface area (Å²) in [5.41, 5.74) is 5.23. The summed E-state index contributed by atoms with van der Waals surface area (Å²) in [4.78, 5) is 13.4. The zero-order valence-electron chi connectivity index (χ0n) is 9.95. The maximum absolute atomic E-state index is 10.8. The van der Waals surface area contributed by atoms with Gasteiger partial charge >= 0.3 is 0 Å². The second-order valence-corrected chi connectivity index (χ2v) is 5.21. The first-order valence-electron chi connectivity index (χ1n) is 6.48. The highest BCUT2D eigenvalue weighted by molar-refractivity contribution is 5.73. The fraction of sp³-hybridized carbons (Fsp3) is 0.917. The van der Waals surface area contributed by atoms with Crippen molar-refractivity contribution in [2.45, 2.75) is 38.1 Å². The zero-order valence-corrected chi connectivity index (χ0v) is 9.95. The largest absolute Gasteiger partial charge is 0.370 e. The third kappa shape index (κ3) is 3.46. The highest BCUT2D eigenvalue weighted by Gasteiger charge is 2.23. The van der Waals surface area contributed by atoms with E-state index in [9.17, 15) is 4.79 Å². The van der Waals surface area contributed by atoms with E-state index in [1.807, 2.05) is 0 Å². The van der Waals surface area contributed by atoms with E-state index in [4.69, 9.17) is 5.73 Å². The van der Waals surface area contributed by atoms with Gasteiger partial charge in [-0.1, -0.05) is 0 Å². The van der Waals surface area contributed by atoms with Crippen LogP contribution in [-0.2, 0) is 4.79 Å². The minimum atomic E-state index is -0.143. The van der Waals surface area contributed by atoms with E-state index in [1.165, 1.54) is 25.9 Å². The Labute approximate surface area is 97.6 Å². The van der Waals surface area contributed by atoms with Gasteiger partial charge < -0.3 is 16.0 Å². The first kappa shape index (κ1) is 11.9. The molecular formula is C12H23N3O. The zero-order chi connectivity index (χ0) is 11.4. The van der Waals surface area contributed by atoms with Crippen LogP contribution >= 0.6 is 0 Å². The minimum Gasteiger partial charge on any atom is -0.370 e. The molecule has 2 saturated heterocycles. The average Bonchev–Trinajstić information content (AvgIpc) is 2.73. The van der Waals surface area contributed by atoms with E-state index in [2.05, 4.69) is 10.2 Å². The lowest BCUT2D eigenvalue weighted by Gasteiger charge is -2.33. The summed E-state index contributed by atoms with van der Waals surface area (Å²) in [7, 11) is 0. The molecule has 2 aliphatic heterocycles. The number of hydrogen-bond donors (Lipinski definition) is 2. The SMILES string of the molecule is NC(=O)CC1CCN(CC2CCCN2)CC1. The maximum Gasteiger partial charge on any atom is 0.217 e. The molecule has 2 rings (SSSR count). The van der Waals surface area contributed by atoms with Crippen molar-refractivity contribution in [1.82, 2.24) is 10.2 Å². The van der Waals surface area contributed by atoms with Crippen molar-refractivity contribution in [2.24, 2.45) is 11.7 Å². The van der Waals surface area contributed by atoms with Crippen molar-refractivity contribution >= 4 is 5.91 Å². The molecule has 4 nitrogen and oxygen atoms in total. The Morgan fingerprint density at radius 1 is 1.31 bits per heavy atom. The number of likely N-dealkylation sites (tertiary alicyclic amines) is 1. The molecule has 0 aromatic rings. The van der Waals surface area contributed by atoms with Gasteiger partial charge in [0.05, 0.1) is 0 Å². The molecule has 16 heavy (non-hydrogen) atoms. The molecule has 0 saturated carbocycles. The fourth-order valence-corrected chi connectivity index (χ4v) is 2.88. The van der Waals surface area contributed by atoms with Gasteiger partial charge in [0.2, 0.25) is 5.91 Å². The van der Waals surface area contributed by atoms with Gasteiger partial charge in [-0.15, -0.1) is 0 Å². The molecule has 0 radical (unpaired) electrons. The summed E-state index contributed by atoms with van der Waals surface area (Å²) in [6.07, 6.45) is 5.49. The van der Waals surface area contributed by atoms with Crippen molar-refractivity contribution < 1.29 is 4.79 Å². The first-order valence-corrected chi connectivity index (χ1v) is 6.48. The molecule has 2 aliphatic rings. The third-order valence-electron chi connectivity index (χ3n) is 3.84. The van der Waals surface area contributed by atoms with E-state index < -0.39 is 0 Å². The summed E-state index contributed by atoms with van der Waals surface area (Å²) in [6.45, 7) is 4.64.